The van der Waals surface area contributed by atoms with Crippen molar-refractivity contribution >= 4 is 10.8 Å². The summed E-state index contributed by atoms with van der Waals surface area (Å²) in [6.07, 6.45) is 5.41. The van der Waals surface area contributed by atoms with E-state index in [1.54, 1.807) is 0 Å². The van der Waals surface area contributed by atoms with Crippen LogP contribution in [0, 0.1) is 22.5 Å². The molecule has 0 N–H and O–H groups in total. The van der Waals surface area contributed by atoms with Crippen molar-refractivity contribution in [3.8, 4) is 12.3 Å². The van der Waals surface area contributed by atoms with E-state index >= 15 is 0 Å². The maximum Gasteiger partial charge on any atom is 0.240 e. The maximum absolute atomic E-state index is 11.1. The second kappa shape index (κ2) is 6.69. The summed E-state index contributed by atoms with van der Waals surface area (Å²) in [5, 5.41) is 13.2. The second-order valence-electron chi connectivity index (χ2n) is 4.50. The lowest BCUT2D eigenvalue weighted by molar-refractivity contribution is -0.525. The number of nitro groups is 1. The molecule has 4 nitrogen and oxygen atoms in total. The van der Waals surface area contributed by atoms with Crippen molar-refractivity contribution in [3.05, 3.63) is 58.1 Å². The third-order valence-corrected chi connectivity index (χ3v) is 3.13. The average molecular weight is 269 g/mol. The van der Waals surface area contributed by atoms with Gasteiger partial charge in [0, 0.05) is 11.3 Å². The molecule has 4 heteroatoms. The average Bonchev–Trinajstić information content (AvgIpc) is 2.46. The highest BCUT2D eigenvalue weighted by molar-refractivity contribution is 5.85. The summed E-state index contributed by atoms with van der Waals surface area (Å²) in [4.78, 5) is 10.8. The fraction of sp³-hybridized carbons (Fsp3) is 0.250. The smallest absolute Gasteiger partial charge is 0.240 e. The van der Waals surface area contributed by atoms with Gasteiger partial charge in [-0.25, -0.2) is 0 Å². The molecule has 2 aromatic carbocycles. The molecule has 2 rings (SSSR count). The van der Waals surface area contributed by atoms with E-state index in [4.69, 9.17) is 11.2 Å². The van der Waals surface area contributed by atoms with Crippen LogP contribution >= 0.6 is 0 Å². The van der Waals surface area contributed by atoms with Gasteiger partial charge in [0.15, 0.2) is 0 Å². The molecule has 0 fully saturated rings. The quantitative estimate of drug-likeness (QED) is 0.350. The van der Waals surface area contributed by atoms with Crippen LogP contribution in [0.1, 0.15) is 5.56 Å². The van der Waals surface area contributed by atoms with Gasteiger partial charge in [-0.15, -0.1) is 6.42 Å². The lowest BCUT2D eigenvalue weighted by Crippen LogP contribution is -2.28. The second-order valence-corrected chi connectivity index (χ2v) is 4.50. The van der Waals surface area contributed by atoms with Gasteiger partial charge >= 0.3 is 0 Å². The summed E-state index contributed by atoms with van der Waals surface area (Å²) in [5.41, 5.74) is 0.953. The Bertz CT molecular complexity index is 640. The standard InChI is InChI=1S/C16H15NO3/c1-2-10-20-12-15(17(18)19)11-14-8-5-7-13-6-3-4-9-16(13)14/h1,3-9,15H,10-12H2. The van der Waals surface area contributed by atoms with Gasteiger partial charge in [-0.3, -0.25) is 10.1 Å². The van der Waals surface area contributed by atoms with E-state index in [2.05, 4.69) is 5.92 Å². The molecule has 0 radical (unpaired) electrons. The first-order valence-corrected chi connectivity index (χ1v) is 6.33. The van der Waals surface area contributed by atoms with Crippen molar-refractivity contribution in [2.45, 2.75) is 12.5 Å². The van der Waals surface area contributed by atoms with Crippen LogP contribution in [0.4, 0.5) is 0 Å². The number of terminal acetylenes is 1. The molecule has 102 valence electrons. The third kappa shape index (κ3) is 3.34. The van der Waals surface area contributed by atoms with Gasteiger partial charge in [0.05, 0.1) is 0 Å². The molecule has 0 heterocycles. The van der Waals surface area contributed by atoms with E-state index < -0.39 is 6.04 Å². The first kappa shape index (κ1) is 14.0. The van der Waals surface area contributed by atoms with E-state index in [9.17, 15) is 10.1 Å². The zero-order valence-electron chi connectivity index (χ0n) is 11.0. The first-order chi connectivity index (χ1) is 9.72. The van der Waals surface area contributed by atoms with Gasteiger partial charge in [0.25, 0.3) is 0 Å². The Hall–Kier alpha value is -2.38. The van der Waals surface area contributed by atoms with Gasteiger partial charge in [0.2, 0.25) is 6.04 Å². The molecule has 0 spiro atoms. The number of rotatable bonds is 6. The van der Waals surface area contributed by atoms with E-state index in [1.165, 1.54) is 0 Å². The molecule has 0 aromatic heterocycles. The normalized spacial score (nSPS) is 11.9. The Morgan fingerprint density at radius 2 is 2.00 bits per heavy atom. The summed E-state index contributed by atoms with van der Waals surface area (Å²) in [7, 11) is 0. The summed E-state index contributed by atoms with van der Waals surface area (Å²) >= 11 is 0. The maximum atomic E-state index is 11.1. The highest BCUT2D eigenvalue weighted by Crippen LogP contribution is 2.20. The topological polar surface area (TPSA) is 52.4 Å². The minimum absolute atomic E-state index is 0.0282. The number of fused-ring (bicyclic) bond motifs is 1. The molecule has 0 aliphatic heterocycles. The van der Waals surface area contributed by atoms with Crippen molar-refractivity contribution in [1.29, 1.82) is 0 Å². The minimum atomic E-state index is -0.783. The van der Waals surface area contributed by atoms with Crippen LogP contribution in [-0.4, -0.2) is 24.2 Å². The highest BCUT2D eigenvalue weighted by atomic mass is 16.6. The van der Waals surface area contributed by atoms with Crippen LogP contribution in [0.5, 0.6) is 0 Å². The molecule has 0 aliphatic rings. The van der Waals surface area contributed by atoms with Gasteiger partial charge < -0.3 is 4.74 Å². The minimum Gasteiger partial charge on any atom is -0.362 e. The zero-order chi connectivity index (χ0) is 14.4. The predicted molar refractivity (Wildman–Crippen MR) is 78.1 cm³/mol. The van der Waals surface area contributed by atoms with Gasteiger partial charge in [-0.05, 0) is 16.3 Å². The van der Waals surface area contributed by atoms with Crippen LogP contribution in [0.15, 0.2) is 42.5 Å². The van der Waals surface area contributed by atoms with E-state index in [0.29, 0.717) is 6.42 Å². The molecule has 1 unspecified atom stereocenters. The fourth-order valence-electron chi connectivity index (χ4n) is 2.17. The Morgan fingerprint density at radius 3 is 2.75 bits per heavy atom. The molecule has 2 aromatic rings. The monoisotopic (exact) mass is 269 g/mol. The molecular formula is C16H15NO3. The molecular weight excluding hydrogens is 254 g/mol. The largest absolute Gasteiger partial charge is 0.362 e. The molecule has 0 saturated heterocycles. The molecule has 1 atom stereocenters. The van der Waals surface area contributed by atoms with Crippen molar-refractivity contribution in [3.63, 3.8) is 0 Å². The van der Waals surface area contributed by atoms with Crippen LogP contribution in [-0.2, 0) is 11.2 Å². The van der Waals surface area contributed by atoms with Crippen LogP contribution < -0.4 is 0 Å². The van der Waals surface area contributed by atoms with Gasteiger partial charge in [-0.1, -0.05) is 48.4 Å². The molecule has 0 saturated carbocycles. The number of hydrogen-bond donors (Lipinski definition) is 0. The number of benzene rings is 2. The third-order valence-electron chi connectivity index (χ3n) is 3.13. The molecule has 0 amide bonds. The Morgan fingerprint density at radius 1 is 1.25 bits per heavy atom. The van der Waals surface area contributed by atoms with Crippen LogP contribution in [0.25, 0.3) is 10.8 Å². The lowest BCUT2D eigenvalue weighted by atomic mass is 9.99. The summed E-state index contributed by atoms with van der Waals surface area (Å²) in [6.45, 7) is 0.125. The molecule has 20 heavy (non-hydrogen) atoms. The Labute approximate surface area is 117 Å². The molecule has 0 bridgehead atoms. The first-order valence-electron chi connectivity index (χ1n) is 6.33. The van der Waals surface area contributed by atoms with Crippen molar-refractivity contribution in [2.75, 3.05) is 13.2 Å². The SMILES string of the molecule is C#CCOCC(Cc1cccc2ccccc12)[N+](=O)[O-]. The summed E-state index contributed by atoms with van der Waals surface area (Å²) in [6, 6.07) is 12.9. The van der Waals surface area contributed by atoms with Crippen LogP contribution in [0.2, 0.25) is 0 Å². The van der Waals surface area contributed by atoms with E-state index in [-0.39, 0.29) is 18.1 Å². The van der Waals surface area contributed by atoms with E-state index in [1.807, 2.05) is 42.5 Å². The van der Waals surface area contributed by atoms with Crippen molar-refractivity contribution < 1.29 is 9.66 Å². The Balaban J connectivity index is 2.20. The van der Waals surface area contributed by atoms with Crippen molar-refractivity contribution in [1.82, 2.24) is 0 Å². The van der Waals surface area contributed by atoms with Gasteiger partial charge in [-0.2, -0.15) is 0 Å². The number of hydrogen-bond acceptors (Lipinski definition) is 3. The lowest BCUT2D eigenvalue weighted by Gasteiger charge is -2.11. The fourth-order valence-corrected chi connectivity index (χ4v) is 2.17. The number of nitrogens with zero attached hydrogens (tertiary/aromatic N) is 1. The van der Waals surface area contributed by atoms with Gasteiger partial charge in [0.1, 0.15) is 13.2 Å². The number of ether oxygens (including phenoxy) is 1. The van der Waals surface area contributed by atoms with E-state index in [0.717, 1.165) is 16.3 Å². The Kier molecular flexibility index (Phi) is 4.70. The summed E-state index contributed by atoms with van der Waals surface area (Å²) in [5.74, 6) is 2.31. The summed E-state index contributed by atoms with van der Waals surface area (Å²) < 4.78 is 5.11. The van der Waals surface area contributed by atoms with Crippen molar-refractivity contribution in [2.24, 2.45) is 0 Å². The predicted octanol–water partition coefficient (Wildman–Crippen LogP) is 2.68. The highest BCUT2D eigenvalue weighted by Gasteiger charge is 2.21. The zero-order valence-corrected chi connectivity index (χ0v) is 11.0. The van der Waals surface area contributed by atoms with Crippen LogP contribution in [0.3, 0.4) is 0 Å². The molecule has 0 aliphatic carbocycles.